The second-order valence-corrected chi connectivity index (χ2v) is 6.79. The molecule has 0 heterocycles. The van der Waals surface area contributed by atoms with Gasteiger partial charge in [0.05, 0.1) is 6.61 Å². The van der Waals surface area contributed by atoms with Crippen LogP contribution in [0.25, 0.3) is 0 Å². The van der Waals surface area contributed by atoms with Crippen molar-refractivity contribution in [3.63, 3.8) is 0 Å². The molecule has 0 unspecified atom stereocenters. The molecule has 0 spiro atoms. The zero-order chi connectivity index (χ0) is 17.4. The number of ether oxygens (including phenoxy) is 1. The van der Waals surface area contributed by atoms with Gasteiger partial charge in [-0.25, -0.2) is 4.39 Å². The predicted octanol–water partition coefficient (Wildman–Crippen LogP) is 6.49. The van der Waals surface area contributed by atoms with Crippen LogP contribution in [0.5, 0.6) is 0 Å². The molecule has 1 aromatic carbocycles. The molecule has 1 aromatic rings. The normalized spacial score (nSPS) is 22.2. The maximum Gasteiger partial charge on any atom is 0.356 e. The zero-order valence-corrected chi connectivity index (χ0v) is 14.3. The van der Waals surface area contributed by atoms with Crippen molar-refractivity contribution in [3.05, 3.63) is 47.8 Å². The number of benzene rings is 1. The van der Waals surface area contributed by atoms with E-state index in [1.165, 1.54) is 24.3 Å². The summed E-state index contributed by atoms with van der Waals surface area (Å²) >= 11 is 0. The third kappa shape index (κ3) is 6.68. The fraction of sp³-hybridized carbons (Fsp3) is 0.600. The van der Waals surface area contributed by atoms with Crippen LogP contribution in [0.4, 0.5) is 13.2 Å². The van der Waals surface area contributed by atoms with Gasteiger partial charge in [0, 0.05) is 6.42 Å². The van der Waals surface area contributed by atoms with Gasteiger partial charge in [-0.05, 0) is 62.1 Å². The largest absolute Gasteiger partial charge is 0.356 e. The molecular formula is C20H27F3O. The standard InChI is InChI=1S/C20H27F3O/c1-2-3-4-5-16-6-8-17(9-7-16)14-20(22,23)24-15-18-10-12-19(21)13-11-18/h2-3,10-13,16-17H,4-9,14-15H2,1H3/b3-2+/t16-,17-. The molecule has 0 atom stereocenters. The SMILES string of the molecule is C/C=C/CC[C@H]1CC[C@H](CC(F)(F)OCc2ccc(F)cc2)CC1. The van der Waals surface area contributed by atoms with Crippen LogP contribution in [0, 0.1) is 17.7 Å². The number of hydrogen-bond acceptors (Lipinski definition) is 1. The van der Waals surface area contributed by atoms with Gasteiger partial charge in [0.2, 0.25) is 0 Å². The minimum Gasteiger partial charge on any atom is -0.316 e. The summed E-state index contributed by atoms with van der Waals surface area (Å²) in [5.41, 5.74) is 0.559. The van der Waals surface area contributed by atoms with Crippen LogP contribution in [0.3, 0.4) is 0 Å². The Hall–Kier alpha value is -1.29. The van der Waals surface area contributed by atoms with Crippen molar-refractivity contribution in [2.75, 3.05) is 0 Å². The van der Waals surface area contributed by atoms with E-state index >= 15 is 0 Å². The number of alkyl halides is 2. The number of allylic oxidation sites excluding steroid dienone is 2. The first-order valence-electron chi connectivity index (χ1n) is 8.86. The van der Waals surface area contributed by atoms with Crippen molar-refractivity contribution in [2.45, 2.75) is 64.6 Å². The van der Waals surface area contributed by atoms with E-state index in [0.29, 0.717) is 11.5 Å². The van der Waals surface area contributed by atoms with E-state index < -0.39 is 6.11 Å². The molecule has 1 aliphatic rings. The van der Waals surface area contributed by atoms with Crippen LogP contribution < -0.4 is 0 Å². The molecule has 0 aliphatic heterocycles. The summed E-state index contributed by atoms with van der Waals surface area (Å²) in [6, 6.07) is 5.46. The Morgan fingerprint density at radius 1 is 1.08 bits per heavy atom. The van der Waals surface area contributed by atoms with Crippen molar-refractivity contribution < 1.29 is 17.9 Å². The lowest BCUT2D eigenvalue weighted by molar-refractivity contribution is -0.256. The number of halogens is 3. The molecule has 1 saturated carbocycles. The van der Waals surface area contributed by atoms with Gasteiger partial charge < -0.3 is 4.74 Å². The highest BCUT2D eigenvalue weighted by Crippen LogP contribution is 2.38. The molecule has 0 aromatic heterocycles. The van der Waals surface area contributed by atoms with Crippen LogP contribution in [0.1, 0.15) is 57.4 Å². The monoisotopic (exact) mass is 340 g/mol. The second kappa shape index (κ2) is 9.26. The lowest BCUT2D eigenvalue weighted by Crippen LogP contribution is -2.27. The van der Waals surface area contributed by atoms with Gasteiger partial charge in [-0.3, -0.25) is 0 Å². The van der Waals surface area contributed by atoms with Crippen molar-refractivity contribution >= 4 is 0 Å². The van der Waals surface area contributed by atoms with Crippen LogP contribution >= 0.6 is 0 Å². The summed E-state index contributed by atoms with van der Waals surface area (Å²) in [4.78, 5) is 0. The summed E-state index contributed by atoms with van der Waals surface area (Å²) in [6.07, 6.45) is 6.94. The Morgan fingerprint density at radius 3 is 2.33 bits per heavy atom. The van der Waals surface area contributed by atoms with Crippen molar-refractivity contribution in [2.24, 2.45) is 11.8 Å². The van der Waals surface area contributed by atoms with Crippen LogP contribution in [0.2, 0.25) is 0 Å². The summed E-state index contributed by atoms with van der Waals surface area (Å²) in [5.74, 6) is 0.328. The minimum atomic E-state index is -3.11. The van der Waals surface area contributed by atoms with Gasteiger partial charge in [-0.1, -0.05) is 37.1 Å². The Morgan fingerprint density at radius 2 is 1.71 bits per heavy atom. The van der Waals surface area contributed by atoms with Gasteiger partial charge >= 0.3 is 6.11 Å². The van der Waals surface area contributed by atoms with Crippen LogP contribution in [-0.2, 0) is 11.3 Å². The molecule has 0 bridgehead atoms. The molecule has 1 fully saturated rings. The van der Waals surface area contributed by atoms with Crippen molar-refractivity contribution in [1.29, 1.82) is 0 Å². The minimum absolute atomic E-state index is 0.0335. The lowest BCUT2D eigenvalue weighted by Gasteiger charge is -2.30. The van der Waals surface area contributed by atoms with Gasteiger partial charge in [-0.15, -0.1) is 0 Å². The average Bonchev–Trinajstić information content (AvgIpc) is 2.56. The Labute approximate surface area is 142 Å². The Balaban J connectivity index is 1.71. The van der Waals surface area contributed by atoms with Crippen LogP contribution in [0.15, 0.2) is 36.4 Å². The Kier molecular flexibility index (Phi) is 7.35. The maximum atomic E-state index is 14.0. The summed E-state index contributed by atoms with van der Waals surface area (Å²) in [5, 5.41) is 0. The quantitative estimate of drug-likeness (QED) is 0.492. The van der Waals surface area contributed by atoms with Crippen molar-refractivity contribution in [3.8, 4) is 0 Å². The molecular weight excluding hydrogens is 313 g/mol. The number of hydrogen-bond donors (Lipinski definition) is 0. The average molecular weight is 340 g/mol. The first kappa shape index (κ1) is 19.0. The van der Waals surface area contributed by atoms with E-state index in [2.05, 4.69) is 12.2 Å². The fourth-order valence-electron chi connectivity index (χ4n) is 3.39. The highest BCUT2D eigenvalue weighted by Gasteiger charge is 2.35. The van der Waals surface area contributed by atoms with E-state index in [0.717, 1.165) is 38.5 Å². The Bertz CT molecular complexity index is 502. The third-order valence-electron chi connectivity index (χ3n) is 4.83. The highest BCUT2D eigenvalue weighted by molar-refractivity contribution is 5.15. The molecule has 2 rings (SSSR count). The third-order valence-corrected chi connectivity index (χ3v) is 4.83. The van der Waals surface area contributed by atoms with E-state index in [1.54, 1.807) is 0 Å². The van der Waals surface area contributed by atoms with Gasteiger partial charge in [0.1, 0.15) is 5.82 Å². The van der Waals surface area contributed by atoms with E-state index in [4.69, 9.17) is 4.74 Å². The zero-order valence-electron chi connectivity index (χ0n) is 14.3. The molecule has 0 radical (unpaired) electrons. The second-order valence-electron chi connectivity index (χ2n) is 6.79. The topological polar surface area (TPSA) is 9.23 Å². The summed E-state index contributed by atoms with van der Waals surface area (Å²) in [7, 11) is 0. The van der Waals surface area contributed by atoms with Crippen LogP contribution in [-0.4, -0.2) is 6.11 Å². The predicted molar refractivity (Wildman–Crippen MR) is 90.2 cm³/mol. The summed E-state index contributed by atoms with van der Waals surface area (Å²) < 4.78 is 45.6. The number of rotatable bonds is 8. The molecule has 0 amide bonds. The first-order valence-corrected chi connectivity index (χ1v) is 8.86. The van der Waals surface area contributed by atoms with Crippen molar-refractivity contribution in [1.82, 2.24) is 0 Å². The summed E-state index contributed by atoms with van der Waals surface area (Å²) in [6.45, 7) is 1.83. The molecule has 1 aliphatic carbocycles. The molecule has 0 saturated heterocycles. The molecule has 134 valence electrons. The molecule has 4 heteroatoms. The maximum absolute atomic E-state index is 14.0. The van der Waals surface area contributed by atoms with Gasteiger partial charge in [0.25, 0.3) is 0 Å². The van der Waals surface area contributed by atoms with E-state index in [1.807, 2.05) is 6.92 Å². The first-order chi connectivity index (χ1) is 11.5. The van der Waals surface area contributed by atoms with Gasteiger partial charge in [0.15, 0.2) is 0 Å². The van der Waals surface area contributed by atoms with Gasteiger partial charge in [-0.2, -0.15) is 8.78 Å². The smallest absolute Gasteiger partial charge is 0.316 e. The molecule has 1 nitrogen and oxygen atoms in total. The fourth-order valence-corrected chi connectivity index (χ4v) is 3.39. The van der Waals surface area contributed by atoms with E-state index in [-0.39, 0.29) is 24.8 Å². The molecule has 24 heavy (non-hydrogen) atoms. The highest BCUT2D eigenvalue weighted by atomic mass is 19.3. The lowest BCUT2D eigenvalue weighted by atomic mass is 9.78. The van der Waals surface area contributed by atoms with E-state index in [9.17, 15) is 13.2 Å². The molecule has 0 N–H and O–H groups in total.